The van der Waals surface area contributed by atoms with Crippen LogP contribution in [0.3, 0.4) is 0 Å². The highest BCUT2D eigenvalue weighted by atomic mass is 19.1. The molecule has 0 aliphatic carbocycles. The molecule has 0 heterocycles. The molecule has 6 heteroatoms. The molecule has 0 atom stereocenters. The second kappa shape index (κ2) is 7.40. The average Bonchev–Trinajstić information content (AvgIpc) is 2.54. The van der Waals surface area contributed by atoms with Crippen molar-refractivity contribution in [3.8, 4) is 11.5 Å². The number of ether oxygens (including phenoxy) is 3. The van der Waals surface area contributed by atoms with E-state index in [9.17, 15) is 14.0 Å². The van der Waals surface area contributed by atoms with Gasteiger partial charge in [0.25, 0.3) is 0 Å². The maximum Gasteiger partial charge on any atom is 0.337 e. The van der Waals surface area contributed by atoms with Gasteiger partial charge in [-0.15, -0.1) is 0 Å². The molecule has 0 N–H and O–H groups in total. The van der Waals surface area contributed by atoms with Crippen LogP contribution in [0.4, 0.5) is 4.39 Å². The van der Waals surface area contributed by atoms with Crippen LogP contribution in [0.15, 0.2) is 42.5 Å². The number of rotatable bonds is 5. The van der Waals surface area contributed by atoms with E-state index in [0.29, 0.717) is 5.56 Å². The number of hydrogen-bond acceptors (Lipinski definition) is 5. The fourth-order valence-electron chi connectivity index (χ4n) is 1.97. The summed E-state index contributed by atoms with van der Waals surface area (Å²) >= 11 is 0. The lowest BCUT2D eigenvalue weighted by molar-refractivity contribution is -0.133. The van der Waals surface area contributed by atoms with Crippen LogP contribution in [0, 0.1) is 5.82 Å². The van der Waals surface area contributed by atoms with Crippen LogP contribution in [0.1, 0.15) is 15.9 Å². The number of esters is 2. The van der Waals surface area contributed by atoms with Crippen LogP contribution in [0.2, 0.25) is 0 Å². The number of carbonyl (C=O) groups is 2. The first-order valence-electron chi connectivity index (χ1n) is 6.75. The summed E-state index contributed by atoms with van der Waals surface area (Å²) in [7, 11) is 2.65. The van der Waals surface area contributed by atoms with Crippen molar-refractivity contribution in [1.82, 2.24) is 0 Å². The lowest BCUT2D eigenvalue weighted by Crippen LogP contribution is -2.12. The Labute approximate surface area is 132 Å². The minimum absolute atomic E-state index is 0.0837. The highest BCUT2D eigenvalue weighted by Gasteiger charge is 2.14. The van der Waals surface area contributed by atoms with E-state index >= 15 is 0 Å². The van der Waals surface area contributed by atoms with Gasteiger partial charge in [-0.2, -0.15) is 0 Å². The fraction of sp³-hybridized carbons (Fsp3) is 0.176. The molecule has 0 aliphatic rings. The van der Waals surface area contributed by atoms with E-state index in [1.807, 2.05) is 0 Å². The molecule has 0 spiro atoms. The molecule has 2 aromatic carbocycles. The quantitative estimate of drug-likeness (QED) is 0.626. The van der Waals surface area contributed by atoms with Crippen molar-refractivity contribution in [2.75, 3.05) is 14.2 Å². The van der Waals surface area contributed by atoms with Gasteiger partial charge in [0, 0.05) is 0 Å². The Morgan fingerprint density at radius 2 is 1.83 bits per heavy atom. The summed E-state index contributed by atoms with van der Waals surface area (Å²) in [6.07, 6.45) is -0.0837. The molecule has 0 unspecified atom stereocenters. The summed E-state index contributed by atoms with van der Waals surface area (Å²) in [5, 5.41) is 0. The lowest BCUT2D eigenvalue weighted by atomic mass is 10.1. The number of benzene rings is 2. The third kappa shape index (κ3) is 4.29. The summed E-state index contributed by atoms with van der Waals surface area (Å²) < 4.78 is 28.0. The zero-order valence-corrected chi connectivity index (χ0v) is 12.7. The zero-order chi connectivity index (χ0) is 16.8. The van der Waals surface area contributed by atoms with Crippen molar-refractivity contribution < 1.29 is 28.2 Å². The molecule has 0 saturated heterocycles. The number of methoxy groups -OCH3 is 2. The normalized spacial score (nSPS) is 10.0. The predicted octanol–water partition coefficient (Wildman–Crippen LogP) is 2.77. The first-order valence-corrected chi connectivity index (χ1v) is 6.75. The van der Waals surface area contributed by atoms with Crippen LogP contribution in [0.25, 0.3) is 0 Å². The molecule has 0 saturated carbocycles. The largest absolute Gasteiger partial charge is 0.493 e. The van der Waals surface area contributed by atoms with Gasteiger partial charge in [-0.05, 0) is 35.9 Å². The van der Waals surface area contributed by atoms with Crippen molar-refractivity contribution in [2.45, 2.75) is 6.42 Å². The first-order chi connectivity index (χ1) is 11.0. The van der Waals surface area contributed by atoms with Crippen LogP contribution < -0.4 is 9.47 Å². The molecule has 5 nitrogen and oxygen atoms in total. The first kappa shape index (κ1) is 16.5. The Kier molecular flexibility index (Phi) is 5.30. The standard InChI is InChI=1S/C17H15FO5/c1-21-15-10-12(17(20)22-2)6-7-14(15)23-16(19)9-11-4-3-5-13(18)8-11/h3-8,10H,9H2,1-2H3. The summed E-state index contributed by atoms with van der Waals surface area (Å²) in [5.74, 6) is -1.13. The van der Waals surface area contributed by atoms with E-state index in [1.54, 1.807) is 6.07 Å². The number of halogens is 1. The molecule has 0 bridgehead atoms. The van der Waals surface area contributed by atoms with Gasteiger partial charge in [0.1, 0.15) is 5.82 Å². The van der Waals surface area contributed by atoms with E-state index < -0.39 is 17.8 Å². The van der Waals surface area contributed by atoms with Crippen molar-refractivity contribution in [1.29, 1.82) is 0 Å². The molecule has 0 amide bonds. The van der Waals surface area contributed by atoms with Crippen molar-refractivity contribution in [3.63, 3.8) is 0 Å². The van der Waals surface area contributed by atoms with E-state index in [2.05, 4.69) is 4.74 Å². The second-order valence-electron chi connectivity index (χ2n) is 4.64. The van der Waals surface area contributed by atoms with Crippen LogP contribution >= 0.6 is 0 Å². The van der Waals surface area contributed by atoms with E-state index in [4.69, 9.17) is 9.47 Å². The smallest absolute Gasteiger partial charge is 0.337 e. The molecule has 0 fully saturated rings. The number of carbonyl (C=O) groups excluding carboxylic acids is 2. The minimum Gasteiger partial charge on any atom is -0.493 e. The van der Waals surface area contributed by atoms with E-state index in [-0.39, 0.29) is 23.5 Å². The molecule has 120 valence electrons. The monoisotopic (exact) mass is 318 g/mol. The summed E-state index contributed by atoms with van der Waals surface area (Å²) in [4.78, 5) is 23.4. The Bertz CT molecular complexity index is 727. The maximum atomic E-state index is 13.1. The van der Waals surface area contributed by atoms with Gasteiger partial charge in [-0.3, -0.25) is 4.79 Å². The third-order valence-electron chi connectivity index (χ3n) is 3.05. The molecule has 2 aromatic rings. The Hall–Kier alpha value is -2.89. The van der Waals surface area contributed by atoms with Crippen LogP contribution in [0.5, 0.6) is 11.5 Å². The van der Waals surface area contributed by atoms with E-state index in [0.717, 1.165) is 0 Å². The van der Waals surface area contributed by atoms with Gasteiger partial charge < -0.3 is 14.2 Å². The highest BCUT2D eigenvalue weighted by molar-refractivity contribution is 5.90. The molecule has 0 radical (unpaired) electrons. The summed E-state index contributed by atoms with van der Waals surface area (Å²) in [5.41, 5.74) is 0.773. The highest BCUT2D eigenvalue weighted by Crippen LogP contribution is 2.28. The fourth-order valence-corrected chi connectivity index (χ4v) is 1.97. The van der Waals surface area contributed by atoms with Gasteiger partial charge in [-0.1, -0.05) is 12.1 Å². The minimum atomic E-state index is -0.570. The molecule has 0 aromatic heterocycles. The van der Waals surface area contributed by atoms with Crippen LogP contribution in [-0.2, 0) is 16.0 Å². The number of hydrogen-bond donors (Lipinski definition) is 0. The molecule has 23 heavy (non-hydrogen) atoms. The molecular weight excluding hydrogens is 303 g/mol. The van der Waals surface area contributed by atoms with Gasteiger partial charge in [0.05, 0.1) is 26.2 Å². The van der Waals surface area contributed by atoms with Gasteiger partial charge in [0.2, 0.25) is 0 Å². The van der Waals surface area contributed by atoms with Gasteiger partial charge in [0.15, 0.2) is 11.5 Å². The Balaban J connectivity index is 2.12. The zero-order valence-electron chi connectivity index (χ0n) is 12.7. The SMILES string of the molecule is COC(=O)c1ccc(OC(=O)Cc2cccc(F)c2)c(OC)c1. The summed E-state index contributed by atoms with van der Waals surface area (Å²) in [6.45, 7) is 0. The third-order valence-corrected chi connectivity index (χ3v) is 3.05. The van der Waals surface area contributed by atoms with Gasteiger partial charge in [-0.25, -0.2) is 9.18 Å². The molecule has 0 aliphatic heterocycles. The lowest BCUT2D eigenvalue weighted by Gasteiger charge is -2.10. The van der Waals surface area contributed by atoms with Crippen LogP contribution in [-0.4, -0.2) is 26.2 Å². The average molecular weight is 318 g/mol. The molecule has 2 rings (SSSR count). The van der Waals surface area contributed by atoms with Crippen molar-refractivity contribution in [2.24, 2.45) is 0 Å². The summed E-state index contributed by atoms with van der Waals surface area (Å²) in [6, 6.07) is 10.0. The molecular formula is C17H15FO5. The second-order valence-corrected chi connectivity index (χ2v) is 4.64. The Morgan fingerprint density at radius 1 is 1.04 bits per heavy atom. The Morgan fingerprint density at radius 3 is 2.48 bits per heavy atom. The van der Waals surface area contributed by atoms with E-state index in [1.165, 1.54) is 50.6 Å². The van der Waals surface area contributed by atoms with Crippen molar-refractivity contribution >= 4 is 11.9 Å². The van der Waals surface area contributed by atoms with Gasteiger partial charge >= 0.3 is 11.9 Å². The maximum absolute atomic E-state index is 13.1. The predicted molar refractivity (Wildman–Crippen MR) is 80.1 cm³/mol. The van der Waals surface area contributed by atoms with Crippen molar-refractivity contribution in [3.05, 3.63) is 59.4 Å². The topological polar surface area (TPSA) is 61.8 Å².